The van der Waals surface area contributed by atoms with Crippen molar-refractivity contribution >= 4 is 44.7 Å². The van der Waals surface area contributed by atoms with E-state index in [2.05, 4.69) is 20.9 Å². The summed E-state index contributed by atoms with van der Waals surface area (Å²) in [7, 11) is 0. The zero-order chi connectivity index (χ0) is 21.3. The van der Waals surface area contributed by atoms with E-state index in [-0.39, 0.29) is 17.8 Å². The SMILES string of the molecule is CCOC(=O)C1=C(C)N=C2S[C@@H](Cc3ccc(Br)cc3)C(=O)N2[C@@H]1c1ccccc1. The van der Waals surface area contributed by atoms with Crippen LogP contribution in [0.5, 0.6) is 0 Å². The van der Waals surface area contributed by atoms with Gasteiger partial charge in [0.15, 0.2) is 5.17 Å². The van der Waals surface area contributed by atoms with Crippen molar-refractivity contribution in [2.75, 3.05) is 6.61 Å². The summed E-state index contributed by atoms with van der Waals surface area (Å²) in [6.07, 6.45) is 0.599. The molecule has 2 aromatic rings. The molecule has 0 unspecified atom stereocenters. The predicted molar refractivity (Wildman–Crippen MR) is 122 cm³/mol. The maximum absolute atomic E-state index is 13.5. The normalized spacial score (nSPS) is 20.8. The van der Waals surface area contributed by atoms with Crippen molar-refractivity contribution < 1.29 is 14.3 Å². The van der Waals surface area contributed by atoms with Crippen molar-refractivity contribution in [3.05, 3.63) is 81.5 Å². The van der Waals surface area contributed by atoms with Gasteiger partial charge in [-0.3, -0.25) is 9.69 Å². The van der Waals surface area contributed by atoms with E-state index in [1.807, 2.05) is 54.6 Å². The molecule has 2 aromatic carbocycles. The molecule has 0 aliphatic carbocycles. The number of carbonyl (C=O) groups is 2. The summed E-state index contributed by atoms with van der Waals surface area (Å²) >= 11 is 4.90. The molecular formula is C23H21BrN2O3S. The minimum atomic E-state index is -0.535. The molecule has 0 saturated carbocycles. The van der Waals surface area contributed by atoms with E-state index in [0.29, 0.717) is 22.9 Å². The van der Waals surface area contributed by atoms with E-state index < -0.39 is 12.0 Å². The van der Waals surface area contributed by atoms with Crippen LogP contribution in [-0.2, 0) is 20.7 Å². The predicted octanol–water partition coefficient (Wildman–Crippen LogP) is 4.88. The van der Waals surface area contributed by atoms with E-state index in [0.717, 1.165) is 15.6 Å². The average molecular weight is 485 g/mol. The topological polar surface area (TPSA) is 59.0 Å². The van der Waals surface area contributed by atoms with Crippen LogP contribution in [0.25, 0.3) is 0 Å². The van der Waals surface area contributed by atoms with Crippen LogP contribution in [0, 0.1) is 0 Å². The van der Waals surface area contributed by atoms with Crippen LogP contribution in [0.2, 0.25) is 0 Å². The molecule has 2 aliphatic rings. The molecule has 0 N–H and O–H groups in total. The van der Waals surface area contributed by atoms with Crippen molar-refractivity contribution in [3.8, 4) is 0 Å². The Bertz CT molecular complexity index is 1030. The number of fused-ring (bicyclic) bond motifs is 1. The third-order valence-electron chi connectivity index (χ3n) is 5.10. The first kappa shape index (κ1) is 20.9. The molecule has 5 nitrogen and oxygen atoms in total. The number of nitrogens with zero attached hydrogens (tertiary/aromatic N) is 2. The number of thioether (sulfide) groups is 1. The largest absolute Gasteiger partial charge is 0.463 e. The summed E-state index contributed by atoms with van der Waals surface area (Å²) in [5.41, 5.74) is 2.96. The molecule has 0 spiro atoms. The van der Waals surface area contributed by atoms with Crippen LogP contribution < -0.4 is 0 Å². The number of allylic oxidation sites excluding steroid dienone is 1. The lowest BCUT2D eigenvalue weighted by atomic mass is 9.94. The van der Waals surface area contributed by atoms with Gasteiger partial charge in [-0.05, 0) is 43.5 Å². The number of rotatable bonds is 5. The van der Waals surface area contributed by atoms with Gasteiger partial charge < -0.3 is 4.74 Å². The summed E-state index contributed by atoms with van der Waals surface area (Å²) in [5, 5.41) is 0.354. The van der Waals surface area contributed by atoms with Crippen LogP contribution in [0.15, 0.2) is 75.3 Å². The first-order valence-corrected chi connectivity index (χ1v) is 11.4. The van der Waals surface area contributed by atoms with E-state index >= 15 is 0 Å². The van der Waals surface area contributed by atoms with E-state index in [1.165, 1.54) is 11.8 Å². The maximum Gasteiger partial charge on any atom is 0.338 e. The van der Waals surface area contributed by atoms with E-state index in [9.17, 15) is 9.59 Å². The molecule has 2 aliphatic heterocycles. The Kier molecular flexibility index (Phi) is 6.11. The second kappa shape index (κ2) is 8.78. The maximum atomic E-state index is 13.5. The van der Waals surface area contributed by atoms with Gasteiger partial charge in [0.25, 0.3) is 0 Å². The Morgan fingerprint density at radius 1 is 1.17 bits per heavy atom. The number of amides is 1. The summed E-state index contributed by atoms with van der Waals surface area (Å²) in [6.45, 7) is 3.84. The Labute approximate surface area is 188 Å². The highest BCUT2D eigenvalue weighted by Crippen LogP contribution is 2.44. The van der Waals surface area contributed by atoms with Crippen molar-refractivity contribution in [2.45, 2.75) is 31.6 Å². The van der Waals surface area contributed by atoms with Crippen LogP contribution in [-0.4, -0.2) is 33.8 Å². The summed E-state index contributed by atoms with van der Waals surface area (Å²) in [6, 6.07) is 17.0. The second-order valence-corrected chi connectivity index (χ2v) is 9.16. The van der Waals surface area contributed by atoms with Gasteiger partial charge in [0.2, 0.25) is 5.91 Å². The fourth-order valence-electron chi connectivity index (χ4n) is 3.72. The smallest absolute Gasteiger partial charge is 0.338 e. The van der Waals surface area contributed by atoms with E-state index in [4.69, 9.17) is 4.74 Å². The first-order valence-electron chi connectivity index (χ1n) is 9.75. The number of esters is 1. The molecule has 1 amide bonds. The van der Waals surface area contributed by atoms with Gasteiger partial charge in [-0.1, -0.05) is 70.2 Å². The molecule has 154 valence electrons. The fraction of sp³-hybridized carbons (Fsp3) is 0.261. The molecule has 1 saturated heterocycles. The number of amidine groups is 1. The molecule has 1 fully saturated rings. The summed E-state index contributed by atoms with van der Waals surface area (Å²) < 4.78 is 6.31. The van der Waals surface area contributed by atoms with Crippen LogP contribution in [0.1, 0.15) is 31.0 Å². The van der Waals surface area contributed by atoms with Gasteiger partial charge in [-0.25, -0.2) is 9.79 Å². The standard InChI is InChI=1S/C23H21BrN2O3S/c1-3-29-22(28)19-14(2)25-23-26(20(19)16-7-5-4-6-8-16)21(27)18(30-23)13-15-9-11-17(24)12-10-15/h4-12,18,20H,3,13H2,1-2H3/t18-,20+/m0/s1. The quantitative estimate of drug-likeness (QED) is 0.567. The second-order valence-electron chi connectivity index (χ2n) is 7.07. The minimum absolute atomic E-state index is 0.0372. The van der Waals surface area contributed by atoms with Crippen LogP contribution in [0.3, 0.4) is 0 Å². The number of hydrogen-bond donors (Lipinski definition) is 0. The lowest BCUT2D eigenvalue weighted by Gasteiger charge is -2.33. The van der Waals surface area contributed by atoms with Gasteiger partial charge >= 0.3 is 5.97 Å². The van der Waals surface area contributed by atoms with Gasteiger partial charge in [-0.2, -0.15) is 0 Å². The number of halogens is 1. The lowest BCUT2D eigenvalue weighted by Crippen LogP contribution is -2.41. The molecule has 30 heavy (non-hydrogen) atoms. The fourth-order valence-corrected chi connectivity index (χ4v) is 5.22. The minimum Gasteiger partial charge on any atom is -0.463 e. The molecular weight excluding hydrogens is 464 g/mol. The summed E-state index contributed by atoms with van der Waals surface area (Å²) in [4.78, 5) is 32.5. The third kappa shape index (κ3) is 3.96. The molecule has 2 heterocycles. The van der Waals surface area contributed by atoms with E-state index in [1.54, 1.807) is 18.7 Å². The Morgan fingerprint density at radius 2 is 1.87 bits per heavy atom. The average Bonchev–Trinajstić information content (AvgIpc) is 3.04. The number of carbonyl (C=O) groups excluding carboxylic acids is 2. The summed E-state index contributed by atoms with van der Waals surface area (Å²) in [5.74, 6) is -0.467. The van der Waals surface area contributed by atoms with Crippen molar-refractivity contribution in [3.63, 3.8) is 0 Å². The molecule has 0 aromatic heterocycles. The van der Waals surface area contributed by atoms with Gasteiger partial charge in [0.1, 0.15) is 0 Å². The van der Waals surface area contributed by atoms with Crippen molar-refractivity contribution in [1.82, 2.24) is 4.90 Å². The Balaban J connectivity index is 1.71. The van der Waals surface area contributed by atoms with Gasteiger partial charge in [0.05, 0.1) is 29.2 Å². The molecule has 0 bridgehead atoms. The highest BCUT2D eigenvalue weighted by Gasteiger charge is 2.47. The zero-order valence-electron chi connectivity index (χ0n) is 16.7. The number of ether oxygens (including phenoxy) is 1. The lowest BCUT2D eigenvalue weighted by molar-refractivity contribution is -0.139. The third-order valence-corrected chi connectivity index (χ3v) is 6.78. The Morgan fingerprint density at radius 3 is 2.53 bits per heavy atom. The molecule has 2 atom stereocenters. The molecule has 7 heteroatoms. The van der Waals surface area contributed by atoms with Gasteiger partial charge in [0, 0.05) is 4.47 Å². The zero-order valence-corrected chi connectivity index (χ0v) is 19.1. The van der Waals surface area contributed by atoms with Crippen molar-refractivity contribution in [1.29, 1.82) is 0 Å². The van der Waals surface area contributed by atoms with Gasteiger partial charge in [-0.15, -0.1) is 0 Å². The van der Waals surface area contributed by atoms with Crippen molar-refractivity contribution in [2.24, 2.45) is 4.99 Å². The van der Waals surface area contributed by atoms with Crippen LogP contribution in [0.4, 0.5) is 0 Å². The molecule has 4 rings (SSSR count). The number of benzene rings is 2. The monoisotopic (exact) mass is 484 g/mol. The number of hydrogen-bond acceptors (Lipinski definition) is 5. The first-order chi connectivity index (χ1) is 14.5. The number of aliphatic imine (C=N–C) groups is 1. The van der Waals surface area contributed by atoms with Crippen LogP contribution >= 0.6 is 27.7 Å². The molecule has 0 radical (unpaired) electrons. The Hall–Kier alpha value is -2.38. The highest BCUT2D eigenvalue weighted by molar-refractivity contribution is 9.10. The highest BCUT2D eigenvalue weighted by atomic mass is 79.9.